The average molecular weight is 384 g/mol. The van der Waals surface area contributed by atoms with Crippen LogP contribution in [0.3, 0.4) is 0 Å². The van der Waals surface area contributed by atoms with E-state index in [0.29, 0.717) is 11.5 Å². The second-order valence-electron chi connectivity index (χ2n) is 6.64. The summed E-state index contributed by atoms with van der Waals surface area (Å²) < 4.78 is 7.80. The molecule has 1 N–H and O–H groups in total. The van der Waals surface area contributed by atoms with E-state index in [9.17, 15) is 4.79 Å². The SMILES string of the molecule is CCn1nccc1C(C)NC(=O)c1cc(COc2ccc(C)cc2C)cs1. The second-order valence-corrected chi connectivity index (χ2v) is 7.56. The van der Waals surface area contributed by atoms with Crippen LogP contribution in [0.1, 0.15) is 51.9 Å². The first-order valence-corrected chi connectivity index (χ1v) is 9.96. The van der Waals surface area contributed by atoms with E-state index in [2.05, 4.69) is 23.4 Å². The molecule has 0 bridgehead atoms. The molecule has 2 heterocycles. The van der Waals surface area contributed by atoms with E-state index < -0.39 is 0 Å². The molecule has 1 aromatic carbocycles. The Labute approximate surface area is 164 Å². The van der Waals surface area contributed by atoms with Crippen LogP contribution in [0.25, 0.3) is 0 Å². The maximum absolute atomic E-state index is 12.6. The number of rotatable bonds is 7. The van der Waals surface area contributed by atoms with Gasteiger partial charge in [0, 0.05) is 18.3 Å². The zero-order valence-electron chi connectivity index (χ0n) is 16.2. The highest BCUT2D eigenvalue weighted by atomic mass is 32.1. The smallest absolute Gasteiger partial charge is 0.261 e. The molecule has 0 aliphatic carbocycles. The van der Waals surface area contributed by atoms with Crippen molar-refractivity contribution in [2.45, 2.75) is 46.9 Å². The fourth-order valence-corrected chi connectivity index (χ4v) is 3.81. The van der Waals surface area contributed by atoms with Gasteiger partial charge in [0.1, 0.15) is 12.4 Å². The van der Waals surface area contributed by atoms with E-state index in [0.717, 1.165) is 29.1 Å². The minimum atomic E-state index is -0.100. The summed E-state index contributed by atoms with van der Waals surface area (Å²) >= 11 is 1.43. The number of aromatic nitrogens is 2. The minimum absolute atomic E-state index is 0.0749. The van der Waals surface area contributed by atoms with Crippen LogP contribution in [-0.2, 0) is 13.2 Å². The van der Waals surface area contributed by atoms with Crippen molar-refractivity contribution in [3.05, 3.63) is 69.2 Å². The van der Waals surface area contributed by atoms with Crippen molar-refractivity contribution >= 4 is 17.2 Å². The van der Waals surface area contributed by atoms with E-state index in [1.807, 2.05) is 55.1 Å². The van der Waals surface area contributed by atoms with Crippen LogP contribution in [0.15, 0.2) is 41.9 Å². The van der Waals surface area contributed by atoms with Gasteiger partial charge in [0.15, 0.2) is 0 Å². The third kappa shape index (κ3) is 4.57. The predicted molar refractivity (Wildman–Crippen MR) is 108 cm³/mol. The Hall–Kier alpha value is -2.60. The summed E-state index contributed by atoms with van der Waals surface area (Å²) in [4.78, 5) is 13.2. The molecular weight excluding hydrogens is 358 g/mol. The van der Waals surface area contributed by atoms with Gasteiger partial charge in [0.25, 0.3) is 5.91 Å². The zero-order chi connectivity index (χ0) is 19.4. The van der Waals surface area contributed by atoms with Gasteiger partial charge in [0.2, 0.25) is 0 Å². The Kier molecular flexibility index (Phi) is 5.96. The first-order valence-electron chi connectivity index (χ1n) is 9.08. The molecule has 27 heavy (non-hydrogen) atoms. The fourth-order valence-electron chi connectivity index (χ4n) is 3.01. The molecule has 0 spiro atoms. The largest absolute Gasteiger partial charge is 0.489 e. The van der Waals surface area contributed by atoms with Crippen molar-refractivity contribution in [3.63, 3.8) is 0 Å². The Morgan fingerprint density at radius 2 is 2.11 bits per heavy atom. The summed E-state index contributed by atoms with van der Waals surface area (Å²) in [5, 5.41) is 9.27. The maximum Gasteiger partial charge on any atom is 0.261 e. The number of thiophene rings is 1. The van der Waals surface area contributed by atoms with E-state index in [1.54, 1.807) is 6.20 Å². The molecule has 3 aromatic rings. The van der Waals surface area contributed by atoms with Gasteiger partial charge in [-0.2, -0.15) is 5.10 Å². The van der Waals surface area contributed by atoms with Crippen molar-refractivity contribution < 1.29 is 9.53 Å². The minimum Gasteiger partial charge on any atom is -0.489 e. The van der Waals surface area contributed by atoms with Gasteiger partial charge >= 0.3 is 0 Å². The number of amides is 1. The molecule has 1 unspecified atom stereocenters. The lowest BCUT2D eigenvalue weighted by Crippen LogP contribution is -2.27. The van der Waals surface area contributed by atoms with Gasteiger partial charge in [-0.3, -0.25) is 9.48 Å². The molecule has 1 amide bonds. The quantitative estimate of drug-likeness (QED) is 0.646. The highest BCUT2D eigenvalue weighted by Crippen LogP contribution is 2.22. The number of benzene rings is 1. The van der Waals surface area contributed by atoms with Crippen molar-refractivity contribution in [2.24, 2.45) is 0 Å². The van der Waals surface area contributed by atoms with Crippen LogP contribution in [0.5, 0.6) is 5.75 Å². The van der Waals surface area contributed by atoms with E-state index >= 15 is 0 Å². The number of hydrogen-bond donors (Lipinski definition) is 1. The number of ether oxygens (including phenoxy) is 1. The number of carbonyl (C=O) groups is 1. The lowest BCUT2D eigenvalue weighted by atomic mass is 10.1. The van der Waals surface area contributed by atoms with Gasteiger partial charge in [-0.05, 0) is 56.8 Å². The second kappa shape index (κ2) is 8.39. The van der Waals surface area contributed by atoms with Crippen LogP contribution in [-0.4, -0.2) is 15.7 Å². The molecule has 0 radical (unpaired) electrons. The number of nitrogens with zero attached hydrogens (tertiary/aromatic N) is 2. The normalized spacial score (nSPS) is 12.0. The van der Waals surface area contributed by atoms with Crippen LogP contribution in [0, 0.1) is 13.8 Å². The molecule has 0 aliphatic heterocycles. The summed E-state index contributed by atoms with van der Waals surface area (Å²) in [7, 11) is 0. The van der Waals surface area contributed by atoms with E-state index in [1.165, 1.54) is 16.9 Å². The lowest BCUT2D eigenvalue weighted by Gasteiger charge is -2.14. The first-order chi connectivity index (χ1) is 13.0. The molecule has 6 heteroatoms. The van der Waals surface area contributed by atoms with Crippen LogP contribution >= 0.6 is 11.3 Å². The van der Waals surface area contributed by atoms with E-state index in [-0.39, 0.29) is 11.9 Å². The molecule has 0 fully saturated rings. The highest BCUT2D eigenvalue weighted by Gasteiger charge is 2.16. The fraction of sp³-hybridized carbons (Fsp3) is 0.333. The lowest BCUT2D eigenvalue weighted by molar-refractivity contribution is 0.0942. The molecule has 142 valence electrons. The summed E-state index contributed by atoms with van der Waals surface area (Å²) in [6.45, 7) is 9.34. The monoisotopic (exact) mass is 383 g/mol. The summed E-state index contributed by atoms with van der Waals surface area (Å²) in [6.07, 6.45) is 1.76. The third-order valence-electron chi connectivity index (χ3n) is 4.44. The molecule has 5 nitrogen and oxygen atoms in total. The summed E-state index contributed by atoms with van der Waals surface area (Å²) in [6, 6.07) is 9.86. The van der Waals surface area contributed by atoms with Gasteiger partial charge in [0.05, 0.1) is 16.6 Å². The van der Waals surface area contributed by atoms with Crippen molar-refractivity contribution in [2.75, 3.05) is 0 Å². The molecule has 0 saturated carbocycles. The van der Waals surface area contributed by atoms with Crippen molar-refractivity contribution in [1.82, 2.24) is 15.1 Å². The molecule has 0 saturated heterocycles. The summed E-state index contributed by atoms with van der Waals surface area (Å²) in [5.74, 6) is 0.799. The highest BCUT2D eigenvalue weighted by molar-refractivity contribution is 7.12. The van der Waals surface area contributed by atoms with Crippen LogP contribution in [0.4, 0.5) is 0 Å². The topological polar surface area (TPSA) is 56.2 Å². The molecule has 3 rings (SSSR count). The predicted octanol–water partition coefficient (Wildman–Crippen LogP) is 4.65. The Morgan fingerprint density at radius 3 is 2.85 bits per heavy atom. The average Bonchev–Trinajstić information content (AvgIpc) is 3.30. The van der Waals surface area contributed by atoms with Crippen LogP contribution in [0.2, 0.25) is 0 Å². The van der Waals surface area contributed by atoms with E-state index in [4.69, 9.17) is 4.74 Å². The zero-order valence-corrected chi connectivity index (χ0v) is 17.0. The Bertz CT molecular complexity index is 929. The Balaban J connectivity index is 1.60. The number of carbonyl (C=O) groups excluding carboxylic acids is 1. The Morgan fingerprint density at radius 1 is 1.30 bits per heavy atom. The number of aryl methyl sites for hydroxylation is 3. The molecular formula is C21H25N3O2S. The molecule has 0 aliphatic rings. The van der Waals surface area contributed by atoms with Crippen molar-refractivity contribution in [3.8, 4) is 5.75 Å². The summed E-state index contributed by atoms with van der Waals surface area (Å²) in [5.41, 5.74) is 4.33. The third-order valence-corrected chi connectivity index (χ3v) is 5.42. The van der Waals surface area contributed by atoms with Crippen molar-refractivity contribution in [1.29, 1.82) is 0 Å². The van der Waals surface area contributed by atoms with Gasteiger partial charge in [-0.15, -0.1) is 11.3 Å². The van der Waals surface area contributed by atoms with Gasteiger partial charge in [-0.1, -0.05) is 17.7 Å². The maximum atomic E-state index is 12.6. The molecule has 2 aromatic heterocycles. The molecule has 1 atom stereocenters. The number of nitrogens with one attached hydrogen (secondary N) is 1. The standard InChI is InChI=1S/C21H25N3O2S/c1-5-24-18(8-9-22-24)16(4)23-21(25)20-11-17(13-27-20)12-26-19-7-6-14(2)10-15(19)3/h6-11,13,16H,5,12H2,1-4H3,(H,23,25). The van der Waals surface area contributed by atoms with Gasteiger partial charge < -0.3 is 10.1 Å². The van der Waals surface area contributed by atoms with Gasteiger partial charge in [-0.25, -0.2) is 0 Å². The first kappa shape index (κ1) is 19.2. The van der Waals surface area contributed by atoms with Crippen LogP contribution < -0.4 is 10.1 Å². The number of hydrogen-bond acceptors (Lipinski definition) is 4.